The highest BCUT2D eigenvalue weighted by molar-refractivity contribution is 5.74. The van der Waals surface area contributed by atoms with Crippen LogP contribution in [0.3, 0.4) is 0 Å². The van der Waals surface area contributed by atoms with E-state index in [1.807, 2.05) is 20.8 Å². The van der Waals surface area contributed by atoms with Gasteiger partial charge in [-0.25, -0.2) is 9.18 Å². The van der Waals surface area contributed by atoms with E-state index in [4.69, 9.17) is 0 Å². The number of benzene rings is 1. The average molecular weight is 296 g/mol. The molecule has 0 heterocycles. The summed E-state index contributed by atoms with van der Waals surface area (Å²) in [6.07, 6.45) is 1.04. The van der Waals surface area contributed by atoms with Gasteiger partial charge in [-0.05, 0) is 24.1 Å². The summed E-state index contributed by atoms with van der Waals surface area (Å²) in [5.74, 6) is -0.273. The molecule has 1 unspecified atom stereocenters. The molecule has 5 heteroatoms. The number of halogens is 1. The Bertz CT molecular complexity index is 446. The number of carbonyl (C=O) groups excluding carboxylic acids is 1. The molecular formula is C16H25FN2O2. The molecule has 0 aliphatic heterocycles. The highest BCUT2D eigenvalue weighted by Gasteiger charge is 2.21. The number of nitrogens with one attached hydrogen (secondary N) is 2. The molecule has 1 aromatic rings. The van der Waals surface area contributed by atoms with E-state index in [1.54, 1.807) is 12.1 Å². The number of aliphatic hydroxyl groups is 1. The molecule has 0 fully saturated rings. The van der Waals surface area contributed by atoms with Gasteiger partial charge in [-0.15, -0.1) is 0 Å². The second-order valence-electron chi connectivity index (χ2n) is 5.90. The van der Waals surface area contributed by atoms with Gasteiger partial charge in [-0.2, -0.15) is 0 Å². The standard InChI is InChI=1S/C16H25FN2O2/c1-4-5-14(20)10-18-15(21)19-11-16(2,3)12-6-8-13(17)9-7-12/h6-9,14,20H,4-5,10-11H2,1-3H3,(H2,18,19,21). The molecule has 3 N–H and O–H groups in total. The van der Waals surface area contributed by atoms with Gasteiger partial charge < -0.3 is 15.7 Å². The Morgan fingerprint density at radius 3 is 2.48 bits per heavy atom. The predicted octanol–water partition coefficient (Wildman–Crippen LogP) is 2.56. The van der Waals surface area contributed by atoms with Crippen molar-refractivity contribution in [1.82, 2.24) is 10.6 Å². The molecule has 0 spiro atoms. The monoisotopic (exact) mass is 296 g/mol. The normalized spacial score (nSPS) is 12.8. The first-order valence-corrected chi connectivity index (χ1v) is 7.31. The molecule has 0 radical (unpaired) electrons. The molecule has 1 aromatic carbocycles. The molecule has 0 saturated carbocycles. The summed E-state index contributed by atoms with van der Waals surface area (Å²) in [6, 6.07) is 5.97. The Balaban J connectivity index is 2.42. The number of hydrogen-bond donors (Lipinski definition) is 3. The minimum atomic E-state index is -0.508. The molecule has 0 bridgehead atoms. The summed E-state index contributed by atoms with van der Waals surface area (Å²) in [4.78, 5) is 11.7. The van der Waals surface area contributed by atoms with Crippen molar-refractivity contribution < 1.29 is 14.3 Å². The van der Waals surface area contributed by atoms with Crippen LogP contribution in [0.15, 0.2) is 24.3 Å². The third kappa shape index (κ3) is 6.12. The first-order chi connectivity index (χ1) is 9.85. The van der Waals surface area contributed by atoms with Gasteiger partial charge >= 0.3 is 6.03 Å². The molecule has 118 valence electrons. The number of carbonyl (C=O) groups is 1. The Morgan fingerprint density at radius 2 is 1.90 bits per heavy atom. The first-order valence-electron chi connectivity index (χ1n) is 7.31. The van der Waals surface area contributed by atoms with Crippen molar-refractivity contribution in [2.75, 3.05) is 13.1 Å². The van der Waals surface area contributed by atoms with Gasteiger partial charge in [0.25, 0.3) is 0 Å². The van der Waals surface area contributed by atoms with E-state index in [1.165, 1.54) is 12.1 Å². The summed E-state index contributed by atoms with van der Waals surface area (Å²) >= 11 is 0. The van der Waals surface area contributed by atoms with Crippen molar-refractivity contribution in [3.63, 3.8) is 0 Å². The van der Waals surface area contributed by atoms with Crippen molar-refractivity contribution in [2.24, 2.45) is 0 Å². The van der Waals surface area contributed by atoms with Gasteiger partial charge in [0.15, 0.2) is 0 Å². The molecule has 0 aromatic heterocycles. The van der Waals surface area contributed by atoms with Crippen LogP contribution in [0.25, 0.3) is 0 Å². The number of hydrogen-bond acceptors (Lipinski definition) is 2. The van der Waals surface area contributed by atoms with Gasteiger partial charge in [0.05, 0.1) is 6.10 Å². The Morgan fingerprint density at radius 1 is 1.29 bits per heavy atom. The third-order valence-corrected chi connectivity index (χ3v) is 3.44. The lowest BCUT2D eigenvalue weighted by molar-refractivity contribution is 0.160. The fraction of sp³-hybridized carbons (Fsp3) is 0.562. The zero-order valence-corrected chi connectivity index (χ0v) is 12.9. The van der Waals surface area contributed by atoms with Gasteiger partial charge in [-0.3, -0.25) is 0 Å². The van der Waals surface area contributed by atoms with E-state index in [0.29, 0.717) is 13.0 Å². The smallest absolute Gasteiger partial charge is 0.314 e. The summed E-state index contributed by atoms with van der Waals surface area (Å²) < 4.78 is 12.9. The molecule has 0 aliphatic rings. The Kier molecular flexibility index (Phi) is 6.62. The lowest BCUT2D eigenvalue weighted by Crippen LogP contribution is -2.44. The van der Waals surface area contributed by atoms with Crippen LogP contribution in [-0.4, -0.2) is 30.3 Å². The fourth-order valence-electron chi connectivity index (χ4n) is 2.01. The summed E-state index contributed by atoms with van der Waals surface area (Å²) in [6.45, 7) is 6.61. The Labute approximate surface area is 125 Å². The van der Waals surface area contributed by atoms with E-state index >= 15 is 0 Å². The molecule has 21 heavy (non-hydrogen) atoms. The van der Waals surface area contributed by atoms with Gasteiger partial charge in [0, 0.05) is 18.5 Å². The topological polar surface area (TPSA) is 61.4 Å². The molecule has 0 aliphatic carbocycles. The van der Waals surface area contributed by atoms with E-state index in [2.05, 4.69) is 10.6 Å². The van der Waals surface area contributed by atoms with Crippen molar-refractivity contribution in [2.45, 2.75) is 45.1 Å². The number of aliphatic hydroxyl groups excluding tert-OH is 1. The van der Waals surface area contributed by atoms with E-state index in [-0.39, 0.29) is 23.8 Å². The van der Waals surface area contributed by atoms with Crippen LogP contribution in [-0.2, 0) is 5.41 Å². The van der Waals surface area contributed by atoms with Crippen LogP contribution >= 0.6 is 0 Å². The van der Waals surface area contributed by atoms with Gasteiger partial charge in [-0.1, -0.05) is 39.3 Å². The van der Waals surface area contributed by atoms with Crippen molar-refractivity contribution >= 4 is 6.03 Å². The van der Waals surface area contributed by atoms with Crippen LogP contribution in [0.2, 0.25) is 0 Å². The zero-order valence-electron chi connectivity index (χ0n) is 12.9. The maximum Gasteiger partial charge on any atom is 0.314 e. The lowest BCUT2D eigenvalue weighted by atomic mass is 9.84. The summed E-state index contributed by atoms with van der Waals surface area (Å²) in [7, 11) is 0. The minimum Gasteiger partial charge on any atom is -0.391 e. The second kappa shape index (κ2) is 7.98. The summed E-state index contributed by atoms with van der Waals surface area (Å²) in [5, 5.41) is 15.0. The number of amides is 2. The van der Waals surface area contributed by atoms with Crippen LogP contribution in [0, 0.1) is 5.82 Å². The molecule has 4 nitrogen and oxygen atoms in total. The first kappa shape index (κ1) is 17.4. The maximum atomic E-state index is 12.9. The highest BCUT2D eigenvalue weighted by atomic mass is 19.1. The van der Waals surface area contributed by atoms with Crippen molar-refractivity contribution in [3.05, 3.63) is 35.6 Å². The van der Waals surface area contributed by atoms with E-state index in [9.17, 15) is 14.3 Å². The molecule has 1 rings (SSSR count). The minimum absolute atomic E-state index is 0.247. The maximum absolute atomic E-state index is 12.9. The fourth-order valence-corrected chi connectivity index (χ4v) is 2.01. The van der Waals surface area contributed by atoms with Crippen LogP contribution < -0.4 is 10.6 Å². The molecule has 0 saturated heterocycles. The number of rotatable bonds is 7. The molecule has 1 atom stereocenters. The third-order valence-electron chi connectivity index (χ3n) is 3.44. The van der Waals surface area contributed by atoms with E-state index in [0.717, 1.165) is 12.0 Å². The predicted molar refractivity (Wildman–Crippen MR) is 81.7 cm³/mol. The van der Waals surface area contributed by atoms with Gasteiger partial charge in [0.2, 0.25) is 0 Å². The van der Waals surface area contributed by atoms with Crippen molar-refractivity contribution in [1.29, 1.82) is 0 Å². The zero-order chi connectivity index (χ0) is 15.9. The van der Waals surface area contributed by atoms with Crippen LogP contribution in [0.5, 0.6) is 0 Å². The average Bonchev–Trinajstić information content (AvgIpc) is 2.44. The van der Waals surface area contributed by atoms with E-state index < -0.39 is 6.10 Å². The largest absolute Gasteiger partial charge is 0.391 e. The molecular weight excluding hydrogens is 271 g/mol. The molecule has 2 amide bonds. The SMILES string of the molecule is CCCC(O)CNC(=O)NCC(C)(C)c1ccc(F)cc1. The summed E-state index contributed by atoms with van der Waals surface area (Å²) in [5.41, 5.74) is 0.655. The van der Waals surface area contributed by atoms with Crippen molar-refractivity contribution in [3.8, 4) is 0 Å². The Hall–Kier alpha value is -1.62. The quantitative estimate of drug-likeness (QED) is 0.724. The van der Waals surface area contributed by atoms with Gasteiger partial charge in [0.1, 0.15) is 5.82 Å². The second-order valence-corrected chi connectivity index (χ2v) is 5.90. The number of urea groups is 1. The lowest BCUT2D eigenvalue weighted by Gasteiger charge is -2.26. The van der Waals surface area contributed by atoms with Crippen LogP contribution in [0.1, 0.15) is 39.2 Å². The highest BCUT2D eigenvalue weighted by Crippen LogP contribution is 2.22. The van der Waals surface area contributed by atoms with Crippen LogP contribution in [0.4, 0.5) is 9.18 Å².